The van der Waals surface area contributed by atoms with Crippen molar-refractivity contribution < 1.29 is 19.2 Å². The van der Waals surface area contributed by atoms with Crippen LogP contribution in [0.5, 0.6) is 0 Å². The zero-order valence-electron chi connectivity index (χ0n) is 9.37. The van der Waals surface area contributed by atoms with Crippen molar-refractivity contribution in [1.82, 2.24) is 0 Å². The zero-order valence-corrected chi connectivity index (χ0v) is 9.37. The largest absolute Gasteiger partial charge is 0.462 e. The average Bonchev–Trinajstić information content (AvgIpc) is 2.37. The van der Waals surface area contributed by atoms with Crippen LogP contribution < -0.4 is 0 Å². The SMILES string of the molecule is CCOC(=O)c1c(C#N)cc(C=O)cc1[N+](=O)[O-]. The summed E-state index contributed by atoms with van der Waals surface area (Å²) in [5, 5.41) is 19.7. The molecule has 0 bridgehead atoms. The zero-order chi connectivity index (χ0) is 13.7. The van der Waals surface area contributed by atoms with E-state index in [-0.39, 0.29) is 17.7 Å². The smallest absolute Gasteiger partial charge is 0.346 e. The van der Waals surface area contributed by atoms with Crippen molar-refractivity contribution in [3.05, 3.63) is 38.9 Å². The molecule has 0 N–H and O–H groups in total. The lowest BCUT2D eigenvalue weighted by Crippen LogP contribution is -2.11. The molecule has 0 aliphatic heterocycles. The fourth-order valence-corrected chi connectivity index (χ4v) is 1.37. The van der Waals surface area contributed by atoms with E-state index in [0.717, 1.165) is 12.1 Å². The van der Waals surface area contributed by atoms with Gasteiger partial charge < -0.3 is 4.74 Å². The molecule has 1 aromatic rings. The Morgan fingerprint density at radius 3 is 2.72 bits per heavy atom. The maximum atomic E-state index is 11.6. The van der Waals surface area contributed by atoms with Gasteiger partial charge in [-0.05, 0) is 13.0 Å². The maximum absolute atomic E-state index is 11.6. The van der Waals surface area contributed by atoms with Crippen molar-refractivity contribution in [1.29, 1.82) is 5.26 Å². The Hall–Kier alpha value is -2.75. The summed E-state index contributed by atoms with van der Waals surface area (Å²) in [5.74, 6) is -0.960. The van der Waals surface area contributed by atoms with Crippen LogP contribution in [-0.2, 0) is 4.74 Å². The predicted molar refractivity (Wildman–Crippen MR) is 59.2 cm³/mol. The fourth-order valence-electron chi connectivity index (χ4n) is 1.37. The van der Waals surface area contributed by atoms with E-state index in [0.29, 0.717) is 6.29 Å². The molecule has 0 atom stereocenters. The van der Waals surface area contributed by atoms with Gasteiger partial charge in [-0.15, -0.1) is 0 Å². The number of hydrogen-bond donors (Lipinski definition) is 0. The monoisotopic (exact) mass is 248 g/mol. The minimum atomic E-state index is -0.960. The molecule has 92 valence electrons. The molecule has 0 radical (unpaired) electrons. The van der Waals surface area contributed by atoms with Crippen LogP contribution in [0.25, 0.3) is 0 Å². The fraction of sp³-hybridized carbons (Fsp3) is 0.182. The summed E-state index contributed by atoms with van der Waals surface area (Å²) in [6.45, 7) is 1.56. The third-order valence-electron chi connectivity index (χ3n) is 2.07. The summed E-state index contributed by atoms with van der Waals surface area (Å²) in [4.78, 5) is 32.2. The van der Waals surface area contributed by atoms with Crippen molar-refractivity contribution in [2.45, 2.75) is 6.92 Å². The lowest BCUT2D eigenvalue weighted by molar-refractivity contribution is -0.385. The number of nitriles is 1. The Labute approximate surface area is 102 Å². The molecule has 0 aliphatic carbocycles. The van der Waals surface area contributed by atoms with Gasteiger partial charge in [-0.3, -0.25) is 14.9 Å². The number of nitrogens with zero attached hydrogens (tertiary/aromatic N) is 2. The van der Waals surface area contributed by atoms with E-state index in [9.17, 15) is 19.7 Å². The molecule has 1 rings (SSSR count). The van der Waals surface area contributed by atoms with E-state index in [1.54, 1.807) is 6.07 Å². The van der Waals surface area contributed by atoms with E-state index in [1.807, 2.05) is 0 Å². The first kappa shape index (κ1) is 13.3. The molecule has 0 aliphatic rings. The summed E-state index contributed by atoms with van der Waals surface area (Å²) in [5.41, 5.74) is -1.36. The number of rotatable bonds is 4. The van der Waals surface area contributed by atoms with Crippen molar-refractivity contribution >= 4 is 17.9 Å². The van der Waals surface area contributed by atoms with Crippen molar-refractivity contribution in [3.8, 4) is 6.07 Å². The molecule has 7 heteroatoms. The lowest BCUT2D eigenvalue weighted by Gasteiger charge is -2.05. The van der Waals surface area contributed by atoms with E-state index in [2.05, 4.69) is 4.74 Å². The number of nitro groups is 1. The molecule has 1 aromatic carbocycles. The molecular weight excluding hydrogens is 240 g/mol. The Bertz CT molecular complexity index is 559. The molecule has 18 heavy (non-hydrogen) atoms. The topological polar surface area (TPSA) is 110 Å². The van der Waals surface area contributed by atoms with Crippen LogP contribution in [0.1, 0.15) is 33.2 Å². The van der Waals surface area contributed by atoms with Gasteiger partial charge in [0.15, 0.2) is 5.56 Å². The molecule has 0 unspecified atom stereocenters. The highest BCUT2D eigenvalue weighted by atomic mass is 16.6. The van der Waals surface area contributed by atoms with E-state index in [1.165, 1.54) is 6.92 Å². The average molecular weight is 248 g/mol. The van der Waals surface area contributed by atoms with Crippen molar-refractivity contribution in [2.24, 2.45) is 0 Å². The van der Waals surface area contributed by atoms with Gasteiger partial charge in [0.05, 0.1) is 17.1 Å². The highest BCUT2D eigenvalue weighted by molar-refractivity contribution is 5.98. The highest BCUT2D eigenvalue weighted by Crippen LogP contribution is 2.24. The number of benzene rings is 1. The Morgan fingerprint density at radius 2 is 2.28 bits per heavy atom. The van der Waals surface area contributed by atoms with Crippen molar-refractivity contribution in [2.75, 3.05) is 6.61 Å². The summed E-state index contributed by atoms with van der Waals surface area (Å²) in [7, 11) is 0. The number of ether oxygens (including phenoxy) is 1. The molecule has 0 amide bonds. The third kappa shape index (κ3) is 2.49. The van der Waals surface area contributed by atoms with Gasteiger partial charge in [0.2, 0.25) is 0 Å². The molecule has 0 saturated carbocycles. The molecule has 7 nitrogen and oxygen atoms in total. The van der Waals surface area contributed by atoms with Crippen LogP contribution in [0.3, 0.4) is 0 Å². The second-order valence-electron chi connectivity index (χ2n) is 3.17. The van der Waals surface area contributed by atoms with Gasteiger partial charge in [0, 0.05) is 11.6 Å². The highest BCUT2D eigenvalue weighted by Gasteiger charge is 2.26. The number of carbonyl (C=O) groups excluding carboxylic acids is 2. The van der Waals surface area contributed by atoms with E-state index >= 15 is 0 Å². The lowest BCUT2D eigenvalue weighted by atomic mass is 10.0. The Balaban J connectivity index is 3.55. The van der Waals surface area contributed by atoms with Gasteiger partial charge in [-0.1, -0.05) is 0 Å². The molecule has 0 saturated heterocycles. The first-order valence-corrected chi connectivity index (χ1v) is 4.90. The third-order valence-corrected chi connectivity index (χ3v) is 2.07. The maximum Gasteiger partial charge on any atom is 0.346 e. The summed E-state index contributed by atoms with van der Waals surface area (Å²) >= 11 is 0. The normalized spacial score (nSPS) is 9.33. The summed E-state index contributed by atoms with van der Waals surface area (Å²) in [6.07, 6.45) is 0.364. The minimum absolute atomic E-state index is 0.0241. The van der Waals surface area contributed by atoms with E-state index < -0.39 is 22.1 Å². The Morgan fingerprint density at radius 1 is 1.61 bits per heavy atom. The second kappa shape index (κ2) is 5.54. The van der Waals surface area contributed by atoms with Crippen LogP contribution in [0.15, 0.2) is 12.1 Å². The predicted octanol–water partition coefficient (Wildman–Crippen LogP) is 1.46. The Kier molecular flexibility index (Phi) is 4.10. The standard InChI is InChI=1S/C11H8N2O5/c1-2-18-11(15)10-8(5-12)3-7(6-14)4-9(10)13(16)17/h3-4,6H,2H2,1H3. The number of nitro benzene ring substituents is 1. The van der Waals surface area contributed by atoms with Crippen LogP contribution in [0.2, 0.25) is 0 Å². The molecule has 0 aromatic heterocycles. The number of hydrogen-bond acceptors (Lipinski definition) is 6. The van der Waals surface area contributed by atoms with Crippen LogP contribution in [0.4, 0.5) is 5.69 Å². The van der Waals surface area contributed by atoms with Gasteiger partial charge in [-0.2, -0.15) is 5.26 Å². The van der Waals surface area contributed by atoms with Crippen LogP contribution in [-0.4, -0.2) is 23.8 Å². The quantitative estimate of drug-likeness (QED) is 0.345. The molecule has 0 heterocycles. The van der Waals surface area contributed by atoms with Crippen LogP contribution in [0, 0.1) is 21.4 Å². The molecule has 0 fully saturated rings. The summed E-state index contributed by atoms with van der Waals surface area (Å²) < 4.78 is 4.65. The van der Waals surface area contributed by atoms with Gasteiger partial charge in [0.25, 0.3) is 5.69 Å². The second-order valence-corrected chi connectivity index (χ2v) is 3.17. The minimum Gasteiger partial charge on any atom is -0.462 e. The van der Waals surface area contributed by atoms with Crippen LogP contribution >= 0.6 is 0 Å². The molecule has 0 spiro atoms. The summed E-state index contributed by atoms with van der Waals surface area (Å²) in [6, 6.07) is 3.67. The van der Waals surface area contributed by atoms with Gasteiger partial charge in [-0.25, -0.2) is 4.79 Å². The van der Waals surface area contributed by atoms with Gasteiger partial charge >= 0.3 is 5.97 Å². The first-order valence-electron chi connectivity index (χ1n) is 4.90. The van der Waals surface area contributed by atoms with Gasteiger partial charge in [0.1, 0.15) is 12.4 Å². The van der Waals surface area contributed by atoms with Crippen molar-refractivity contribution in [3.63, 3.8) is 0 Å². The van der Waals surface area contributed by atoms with E-state index in [4.69, 9.17) is 5.26 Å². The number of aldehydes is 1. The number of carbonyl (C=O) groups is 2. The first-order chi connectivity index (χ1) is 8.54. The molecular formula is C11H8N2O5. The number of esters is 1.